The minimum Gasteiger partial charge on any atom is -0.356 e. The summed E-state index contributed by atoms with van der Waals surface area (Å²) in [5.74, 6) is -0.297. The highest BCUT2D eigenvalue weighted by molar-refractivity contribution is 5.77. The second-order valence-corrected chi connectivity index (χ2v) is 2.31. The molecule has 0 aromatic rings. The minimum absolute atomic E-state index is 0.136. The summed E-state index contributed by atoms with van der Waals surface area (Å²) in [5.41, 5.74) is 0. The third-order valence-corrected chi connectivity index (χ3v) is 1.34. The molecule has 1 N–H and O–H groups in total. The van der Waals surface area contributed by atoms with Crippen molar-refractivity contribution in [1.82, 2.24) is 10.4 Å². The molecule has 0 aromatic heterocycles. The van der Waals surface area contributed by atoms with E-state index < -0.39 is 0 Å². The van der Waals surface area contributed by atoms with Gasteiger partial charge >= 0.3 is 0 Å². The minimum atomic E-state index is -0.161. The Balaban J connectivity index is 3.50. The van der Waals surface area contributed by atoms with Gasteiger partial charge in [0.25, 0.3) is 0 Å². The van der Waals surface area contributed by atoms with Crippen molar-refractivity contribution in [3.63, 3.8) is 0 Å². The van der Waals surface area contributed by atoms with Gasteiger partial charge in [-0.25, -0.2) is 5.06 Å². The molecule has 2 amide bonds. The Kier molecular flexibility index (Phi) is 5.03. The van der Waals surface area contributed by atoms with Gasteiger partial charge in [0.2, 0.25) is 11.8 Å². The molecule has 0 aliphatic rings. The summed E-state index contributed by atoms with van der Waals surface area (Å²) in [7, 11) is 2.94. The molecule has 5 heteroatoms. The molecule has 0 saturated heterocycles. The van der Waals surface area contributed by atoms with Crippen molar-refractivity contribution in [3.05, 3.63) is 0 Å². The molecule has 0 unspecified atom stereocenters. The molecule has 0 fully saturated rings. The molecule has 0 aromatic carbocycles. The van der Waals surface area contributed by atoms with Crippen LogP contribution in [0.1, 0.15) is 13.3 Å². The number of amides is 2. The van der Waals surface area contributed by atoms with E-state index in [1.165, 1.54) is 21.1 Å². The Morgan fingerprint density at radius 2 is 2.08 bits per heavy atom. The van der Waals surface area contributed by atoms with E-state index >= 15 is 0 Å². The summed E-state index contributed by atoms with van der Waals surface area (Å²) in [6.07, 6.45) is 0.254. The van der Waals surface area contributed by atoms with Gasteiger partial charge < -0.3 is 5.32 Å². The Labute approximate surface area is 71.6 Å². The zero-order chi connectivity index (χ0) is 9.56. The number of carbonyl (C=O) groups excluding carboxylic acids is 2. The lowest BCUT2D eigenvalue weighted by molar-refractivity contribution is -0.168. The smallest absolute Gasteiger partial charge is 0.247 e. The molecule has 0 heterocycles. The maximum Gasteiger partial charge on any atom is 0.247 e. The van der Waals surface area contributed by atoms with Crippen LogP contribution in [0.25, 0.3) is 0 Å². The summed E-state index contributed by atoms with van der Waals surface area (Å²) in [5, 5.41) is 3.64. The van der Waals surface area contributed by atoms with Crippen LogP contribution in [0.5, 0.6) is 0 Å². The van der Waals surface area contributed by atoms with Gasteiger partial charge in [0.1, 0.15) is 0 Å². The molecular weight excluding hydrogens is 160 g/mol. The number of rotatable bonds is 4. The van der Waals surface area contributed by atoms with E-state index in [-0.39, 0.29) is 18.2 Å². The molecule has 0 bridgehead atoms. The summed E-state index contributed by atoms with van der Waals surface area (Å²) >= 11 is 0. The molecule has 0 atom stereocenters. The summed E-state index contributed by atoms with van der Waals surface area (Å²) in [4.78, 5) is 26.0. The molecule has 0 aliphatic heterocycles. The van der Waals surface area contributed by atoms with Crippen molar-refractivity contribution in [1.29, 1.82) is 0 Å². The highest BCUT2D eigenvalue weighted by Gasteiger charge is 2.06. The van der Waals surface area contributed by atoms with Crippen LogP contribution < -0.4 is 5.32 Å². The zero-order valence-electron chi connectivity index (χ0n) is 7.59. The van der Waals surface area contributed by atoms with Gasteiger partial charge in [0, 0.05) is 26.9 Å². The van der Waals surface area contributed by atoms with Gasteiger partial charge in [0.15, 0.2) is 0 Å². The first-order valence-corrected chi connectivity index (χ1v) is 3.63. The Bertz CT molecular complexity index is 170. The highest BCUT2D eigenvalue weighted by Crippen LogP contribution is 1.88. The lowest BCUT2D eigenvalue weighted by Crippen LogP contribution is -2.30. The maximum absolute atomic E-state index is 11.0. The van der Waals surface area contributed by atoms with E-state index in [0.717, 1.165) is 5.06 Å². The van der Waals surface area contributed by atoms with Gasteiger partial charge in [-0.15, -0.1) is 0 Å². The van der Waals surface area contributed by atoms with Crippen molar-refractivity contribution < 1.29 is 14.4 Å². The molecule has 0 spiro atoms. The van der Waals surface area contributed by atoms with Gasteiger partial charge in [-0.05, 0) is 0 Å². The van der Waals surface area contributed by atoms with Crippen LogP contribution in [0.15, 0.2) is 0 Å². The fourth-order valence-corrected chi connectivity index (χ4v) is 0.605. The van der Waals surface area contributed by atoms with Crippen molar-refractivity contribution in [2.24, 2.45) is 0 Å². The Hall–Kier alpha value is -1.10. The van der Waals surface area contributed by atoms with Gasteiger partial charge in [-0.3, -0.25) is 14.4 Å². The predicted octanol–water partition coefficient (Wildman–Crippen LogP) is -0.468. The molecule has 0 radical (unpaired) electrons. The van der Waals surface area contributed by atoms with E-state index in [4.69, 9.17) is 0 Å². The molecular formula is C7H14N2O3. The van der Waals surface area contributed by atoms with Gasteiger partial charge in [0.05, 0.1) is 7.11 Å². The number of hydroxylamine groups is 2. The number of hydrogen-bond donors (Lipinski definition) is 1. The van der Waals surface area contributed by atoms with E-state index in [9.17, 15) is 9.59 Å². The number of hydrogen-bond acceptors (Lipinski definition) is 3. The number of carbonyl (C=O) groups is 2. The zero-order valence-corrected chi connectivity index (χ0v) is 7.59. The lowest BCUT2D eigenvalue weighted by atomic mass is 10.4. The molecule has 70 valence electrons. The first kappa shape index (κ1) is 10.9. The topological polar surface area (TPSA) is 58.6 Å². The molecule has 5 nitrogen and oxygen atoms in total. The fraction of sp³-hybridized carbons (Fsp3) is 0.714. The highest BCUT2D eigenvalue weighted by atomic mass is 16.7. The van der Waals surface area contributed by atoms with Crippen LogP contribution in [0.3, 0.4) is 0 Å². The van der Waals surface area contributed by atoms with Crippen molar-refractivity contribution in [2.45, 2.75) is 13.3 Å². The second kappa shape index (κ2) is 5.54. The second-order valence-electron chi connectivity index (χ2n) is 2.31. The molecule has 0 rings (SSSR count). The molecule has 0 aliphatic carbocycles. The SMILES string of the molecule is CON(C)C(=O)CCNC(C)=O. The maximum atomic E-state index is 11.0. The van der Waals surface area contributed by atoms with Crippen LogP contribution in [0, 0.1) is 0 Å². The first-order chi connectivity index (χ1) is 5.57. The van der Waals surface area contributed by atoms with E-state index in [2.05, 4.69) is 10.2 Å². The standard InChI is InChI=1S/C7H14N2O3/c1-6(10)8-5-4-7(11)9(2)12-3/h4-5H2,1-3H3,(H,8,10). The van der Waals surface area contributed by atoms with Crippen LogP contribution in [0.4, 0.5) is 0 Å². The number of nitrogens with one attached hydrogen (secondary N) is 1. The first-order valence-electron chi connectivity index (χ1n) is 3.63. The van der Waals surface area contributed by atoms with E-state index in [1.54, 1.807) is 0 Å². The van der Waals surface area contributed by atoms with Crippen LogP contribution in [-0.4, -0.2) is 37.6 Å². The average Bonchev–Trinajstić information content (AvgIpc) is 2.02. The summed E-state index contributed by atoms with van der Waals surface area (Å²) in [6.45, 7) is 1.76. The Morgan fingerprint density at radius 3 is 2.50 bits per heavy atom. The molecule has 0 saturated carbocycles. The average molecular weight is 174 g/mol. The van der Waals surface area contributed by atoms with Crippen molar-refractivity contribution in [2.75, 3.05) is 20.7 Å². The van der Waals surface area contributed by atoms with Gasteiger partial charge in [-0.1, -0.05) is 0 Å². The quantitative estimate of drug-likeness (QED) is 0.586. The van der Waals surface area contributed by atoms with E-state index in [1.807, 2.05) is 0 Å². The lowest BCUT2D eigenvalue weighted by Gasteiger charge is -2.13. The number of nitrogens with zero attached hydrogens (tertiary/aromatic N) is 1. The largest absolute Gasteiger partial charge is 0.356 e. The summed E-state index contributed by atoms with van der Waals surface area (Å²) < 4.78 is 0. The fourth-order valence-electron chi connectivity index (χ4n) is 0.605. The van der Waals surface area contributed by atoms with Crippen molar-refractivity contribution >= 4 is 11.8 Å². The Morgan fingerprint density at radius 1 is 1.50 bits per heavy atom. The predicted molar refractivity (Wildman–Crippen MR) is 43.1 cm³/mol. The van der Waals surface area contributed by atoms with Crippen LogP contribution >= 0.6 is 0 Å². The normalized spacial score (nSPS) is 9.25. The van der Waals surface area contributed by atoms with E-state index in [0.29, 0.717) is 6.54 Å². The summed E-state index contributed by atoms with van der Waals surface area (Å²) in [6, 6.07) is 0. The monoisotopic (exact) mass is 174 g/mol. The van der Waals surface area contributed by atoms with Crippen LogP contribution in [-0.2, 0) is 14.4 Å². The van der Waals surface area contributed by atoms with Crippen LogP contribution in [0.2, 0.25) is 0 Å². The third kappa shape index (κ3) is 4.68. The van der Waals surface area contributed by atoms with Crippen molar-refractivity contribution in [3.8, 4) is 0 Å². The third-order valence-electron chi connectivity index (χ3n) is 1.34. The van der Waals surface area contributed by atoms with Gasteiger partial charge in [-0.2, -0.15) is 0 Å². The molecule has 12 heavy (non-hydrogen) atoms.